The smallest absolute Gasteiger partial charge is 0.234 e. The number of nitrogens with one attached hydrogen (secondary N) is 1. The molecular formula is C22H16FN3OS. The van der Waals surface area contributed by atoms with Gasteiger partial charge in [0.2, 0.25) is 5.91 Å². The van der Waals surface area contributed by atoms with Crippen molar-refractivity contribution in [3.05, 3.63) is 84.7 Å². The number of rotatable bonds is 5. The number of nitrogens with zero attached hydrogens (tertiary/aromatic N) is 2. The van der Waals surface area contributed by atoms with Gasteiger partial charge in [0, 0.05) is 16.6 Å². The molecule has 0 unspecified atom stereocenters. The van der Waals surface area contributed by atoms with Crippen molar-refractivity contribution in [1.82, 2.24) is 9.97 Å². The number of benzene rings is 3. The summed E-state index contributed by atoms with van der Waals surface area (Å²) in [5, 5.41) is 4.42. The number of aromatic nitrogens is 2. The van der Waals surface area contributed by atoms with Gasteiger partial charge < -0.3 is 5.32 Å². The van der Waals surface area contributed by atoms with Crippen LogP contribution in [0, 0.1) is 5.82 Å². The minimum absolute atomic E-state index is 0.180. The second-order valence-electron chi connectivity index (χ2n) is 6.08. The highest BCUT2D eigenvalue weighted by molar-refractivity contribution is 8.00. The Kier molecular flexibility index (Phi) is 5.30. The first-order valence-corrected chi connectivity index (χ1v) is 9.68. The number of hydrogen-bond acceptors (Lipinski definition) is 4. The van der Waals surface area contributed by atoms with Gasteiger partial charge in [-0.15, -0.1) is 0 Å². The lowest BCUT2D eigenvalue weighted by Crippen LogP contribution is -2.14. The maximum atomic E-state index is 13.0. The van der Waals surface area contributed by atoms with E-state index < -0.39 is 0 Å². The predicted octanol–water partition coefficient (Wildman–Crippen LogP) is 5.17. The lowest BCUT2D eigenvalue weighted by atomic mass is 10.2. The summed E-state index contributed by atoms with van der Waals surface area (Å²) in [6.07, 6.45) is 0. The minimum atomic E-state index is -0.340. The number of carbonyl (C=O) groups is 1. The zero-order valence-electron chi connectivity index (χ0n) is 14.8. The Balaban J connectivity index is 1.57. The summed E-state index contributed by atoms with van der Waals surface area (Å²) in [5.41, 5.74) is 2.31. The average molecular weight is 389 g/mol. The van der Waals surface area contributed by atoms with Gasteiger partial charge in [0.15, 0.2) is 5.82 Å². The molecule has 1 heterocycles. The molecule has 4 rings (SSSR count). The van der Waals surface area contributed by atoms with Crippen LogP contribution in [0.4, 0.5) is 10.1 Å². The quantitative estimate of drug-likeness (QED) is 0.378. The van der Waals surface area contributed by atoms with Crippen LogP contribution in [0.15, 0.2) is 83.9 Å². The summed E-state index contributed by atoms with van der Waals surface area (Å²) in [6.45, 7) is 0. The highest BCUT2D eigenvalue weighted by Crippen LogP contribution is 2.28. The molecule has 0 atom stereocenters. The molecule has 6 heteroatoms. The molecule has 1 aromatic heterocycles. The number of carbonyl (C=O) groups excluding carboxylic acids is 1. The molecule has 0 saturated carbocycles. The number of fused-ring (bicyclic) bond motifs is 1. The molecule has 4 nitrogen and oxygen atoms in total. The molecule has 1 amide bonds. The first-order valence-electron chi connectivity index (χ1n) is 8.69. The van der Waals surface area contributed by atoms with Crippen molar-refractivity contribution < 1.29 is 9.18 Å². The average Bonchev–Trinajstić information content (AvgIpc) is 2.74. The maximum Gasteiger partial charge on any atom is 0.234 e. The summed E-state index contributed by atoms with van der Waals surface area (Å²) in [7, 11) is 0. The van der Waals surface area contributed by atoms with Gasteiger partial charge >= 0.3 is 0 Å². The Morgan fingerprint density at radius 1 is 0.893 bits per heavy atom. The van der Waals surface area contributed by atoms with Crippen LogP contribution in [0.1, 0.15) is 0 Å². The first-order chi connectivity index (χ1) is 13.7. The monoisotopic (exact) mass is 389 g/mol. The van der Waals surface area contributed by atoms with Crippen LogP contribution in [0.5, 0.6) is 0 Å². The number of thioether (sulfide) groups is 1. The van der Waals surface area contributed by atoms with E-state index in [9.17, 15) is 9.18 Å². The number of halogens is 1. The van der Waals surface area contributed by atoms with E-state index in [1.807, 2.05) is 54.6 Å². The Bertz CT molecular complexity index is 1120. The second kappa shape index (κ2) is 8.19. The van der Waals surface area contributed by atoms with Gasteiger partial charge in [-0.05, 0) is 30.3 Å². The molecular weight excluding hydrogens is 373 g/mol. The molecule has 0 saturated heterocycles. The normalized spacial score (nSPS) is 10.8. The predicted molar refractivity (Wildman–Crippen MR) is 111 cm³/mol. The summed E-state index contributed by atoms with van der Waals surface area (Å²) in [5.74, 6) is 0.293. The van der Waals surface area contributed by atoms with Gasteiger partial charge in [-0.1, -0.05) is 60.3 Å². The summed E-state index contributed by atoms with van der Waals surface area (Å²) < 4.78 is 13.0. The zero-order chi connectivity index (χ0) is 19.3. The van der Waals surface area contributed by atoms with E-state index in [0.717, 1.165) is 21.5 Å². The van der Waals surface area contributed by atoms with Crippen molar-refractivity contribution in [2.45, 2.75) is 5.03 Å². The van der Waals surface area contributed by atoms with Gasteiger partial charge in [0.1, 0.15) is 10.8 Å². The number of amides is 1. The van der Waals surface area contributed by atoms with Crippen LogP contribution >= 0.6 is 11.8 Å². The minimum Gasteiger partial charge on any atom is -0.325 e. The van der Waals surface area contributed by atoms with E-state index in [4.69, 9.17) is 0 Å². The van der Waals surface area contributed by atoms with Crippen LogP contribution in [0.3, 0.4) is 0 Å². The van der Waals surface area contributed by atoms with E-state index >= 15 is 0 Å². The standard InChI is InChI=1S/C22H16FN3OS/c23-16-10-12-17(13-11-16)24-20(27)14-28-22-18-8-4-5-9-19(18)25-21(26-22)15-6-2-1-3-7-15/h1-13H,14H2,(H,24,27). The van der Waals surface area contributed by atoms with E-state index in [1.165, 1.54) is 36.0 Å². The number of para-hydroxylation sites is 1. The topological polar surface area (TPSA) is 54.9 Å². The summed E-state index contributed by atoms with van der Waals surface area (Å²) in [6, 6.07) is 23.2. The van der Waals surface area contributed by atoms with Crippen molar-refractivity contribution in [2.75, 3.05) is 11.1 Å². The highest BCUT2D eigenvalue weighted by atomic mass is 32.2. The molecule has 4 aromatic rings. The molecule has 0 aliphatic heterocycles. The fraction of sp³-hybridized carbons (Fsp3) is 0.0455. The Morgan fingerprint density at radius 2 is 1.61 bits per heavy atom. The van der Waals surface area contributed by atoms with E-state index in [2.05, 4.69) is 15.3 Å². The van der Waals surface area contributed by atoms with Crippen molar-refractivity contribution in [1.29, 1.82) is 0 Å². The molecule has 0 radical (unpaired) electrons. The largest absolute Gasteiger partial charge is 0.325 e. The van der Waals surface area contributed by atoms with Gasteiger partial charge in [-0.2, -0.15) is 0 Å². The second-order valence-corrected chi connectivity index (χ2v) is 7.04. The Hall–Kier alpha value is -3.25. The third kappa shape index (κ3) is 4.18. The van der Waals surface area contributed by atoms with Crippen LogP contribution in [-0.4, -0.2) is 21.6 Å². The molecule has 28 heavy (non-hydrogen) atoms. The highest BCUT2D eigenvalue weighted by Gasteiger charge is 2.12. The molecule has 138 valence electrons. The molecule has 0 bridgehead atoms. The van der Waals surface area contributed by atoms with Gasteiger partial charge in [-0.3, -0.25) is 4.79 Å². The Morgan fingerprint density at radius 3 is 2.39 bits per heavy atom. The van der Waals surface area contributed by atoms with Crippen LogP contribution < -0.4 is 5.32 Å². The van der Waals surface area contributed by atoms with Gasteiger partial charge in [0.05, 0.1) is 11.3 Å². The molecule has 3 aromatic carbocycles. The van der Waals surface area contributed by atoms with Crippen LogP contribution in [-0.2, 0) is 4.79 Å². The van der Waals surface area contributed by atoms with E-state index in [1.54, 1.807) is 0 Å². The van der Waals surface area contributed by atoms with Gasteiger partial charge in [0.25, 0.3) is 0 Å². The maximum absolute atomic E-state index is 13.0. The van der Waals surface area contributed by atoms with Crippen LogP contribution in [0.25, 0.3) is 22.3 Å². The third-order valence-electron chi connectivity index (χ3n) is 4.07. The molecule has 0 spiro atoms. The van der Waals surface area contributed by atoms with Crippen LogP contribution in [0.2, 0.25) is 0 Å². The fourth-order valence-electron chi connectivity index (χ4n) is 2.74. The molecule has 0 fully saturated rings. The SMILES string of the molecule is O=C(CSc1nc(-c2ccccc2)nc2ccccc12)Nc1ccc(F)cc1. The van der Waals surface area contributed by atoms with E-state index in [0.29, 0.717) is 11.5 Å². The number of anilines is 1. The van der Waals surface area contributed by atoms with Crippen molar-refractivity contribution in [2.24, 2.45) is 0 Å². The lowest BCUT2D eigenvalue weighted by molar-refractivity contribution is -0.113. The van der Waals surface area contributed by atoms with Crippen molar-refractivity contribution in [3.63, 3.8) is 0 Å². The van der Waals surface area contributed by atoms with Crippen molar-refractivity contribution >= 4 is 34.3 Å². The molecule has 0 aliphatic rings. The third-order valence-corrected chi connectivity index (χ3v) is 5.06. The first kappa shape index (κ1) is 18.1. The molecule has 0 aliphatic carbocycles. The number of hydrogen-bond donors (Lipinski definition) is 1. The van der Waals surface area contributed by atoms with Gasteiger partial charge in [-0.25, -0.2) is 14.4 Å². The summed E-state index contributed by atoms with van der Waals surface area (Å²) in [4.78, 5) is 21.6. The Labute approximate surface area is 165 Å². The zero-order valence-corrected chi connectivity index (χ0v) is 15.6. The molecule has 1 N–H and O–H groups in total. The fourth-order valence-corrected chi connectivity index (χ4v) is 3.56. The summed E-state index contributed by atoms with van der Waals surface area (Å²) >= 11 is 1.35. The van der Waals surface area contributed by atoms with E-state index in [-0.39, 0.29) is 17.5 Å². The van der Waals surface area contributed by atoms with Crippen molar-refractivity contribution in [3.8, 4) is 11.4 Å². The lowest BCUT2D eigenvalue weighted by Gasteiger charge is -2.09.